The van der Waals surface area contributed by atoms with Gasteiger partial charge in [-0.2, -0.15) is 5.10 Å². The van der Waals surface area contributed by atoms with E-state index in [1.807, 2.05) is 24.3 Å². The van der Waals surface area contributed by atoms with Gasteiger partial charge in [-0.1, -0.05) is 17.7 Å². The highest BCUT2D eigenvalue weighted by Crippen LogP contribution is 2.29. The van der Waals surface area contributed by atoms with Crippen LogP contribution in [0.3, 0.4) is 0 Å². The molecule has 0 saturated carbocycles. The van der Waals surface area contributed by atoms with E-state index in [9.17, 15) is 5.11 Å². The number of H-pyrrole nitrogens is 1. The van der Waals surface area contributed by atoms with E-state index in [4.69, 9.17) is 17.3 Å². The molecule has 1 aliphatic rings. The second-order valence-corrected chi connectivity index (χ2v) is 7.98. The molecule has 2 aromatic heterocycles. The Kier molecular flexibility index (Phi) is 4.99. The molecule has 1 aliphatic heterocycles. The number of rotatable bonds is 5. The molecule has 0 spiro atoms. The van der Waals surface area contributed by atoms with Gasteiger partial charge in [0, 0.05) is 41.2 Å². The number of nitrogens with two attached hydrogens (primary N) is 1. The van der Waals surface area contributed by atoms with Gasteiger partial charge < -0.3 is 10.8 Å². The van der Waals surface area contributed by atoms with Gasteiger partial charge in [0.2, 0.25) is 0 Å². The Morgan fingerprint density at radius 1 is 1.31 bits per heavy atom. The summed E-state index contributed by atoms with van der Waals surface area (Å²) in [6, 6.07) is 7.80. The molecule has 4 N–H and O–H groups in total. The Labute approximate surface area is 160 Å². The van der Waals surface area contributed by atoms with E-state index in [2.05, 4.69) is 25.1 Å². The minimum atomic E-state index is -0.351. The van der Waals surface area contributed by atoms with Crippen LogP contribution >= 0.6 is 23.4 Å². The zero-order valence-electron chi connectivity index (χ0n) is 14.0. The first-order valence-corrected chi connectivity index (χ1v) is 9.68. The summed E-state index contributed by atoms with van der Waals surface area (Å²) in [6.07, 6.45) is 1.09. The van der Waals surface area contributed by atoms with Crippen LogP contribution in [-0.4, -0.2) is 55.1 Å². The van der Waals surface area contributed by atoms with Crippen molar-refractivity contribution in [1.29, 1.82) is 0 Å². The van der Waals surface area contributed by atoms with E-state index in [1.54, 1.807) is 11.8 Å². The first-order valence-electron chi connectivity index (χ1n) is 8.32. The van der Waals surface area contributed by atoms with Crippen molar-refractivity contribution in [2.45, 2.75) is 17.5 Å². The van der Waals surface area contributed by atoms with Crippen LogP contribution in [0, 0.1) is 5.92 Å². The highest BCUT2D eigenvalue weighted by Gasteiger charge is 2.31. The Bertz CT molecular complexity index is 919. The number of β-amino-alcohol motifs (C(OH)–C–C–N with tert-alkyl or cyclic N) is 1. The number of aromatic amines is 1. The third kappa shape index (κ3) is 3.64. The molecule has 26 heavy (non-hydrogen) atoms. The maximum absolute atomic E-state index is 10.4. The molecule has 0 aliphatic carbocycles. The summed E-state index contributed by atoms with van der Waals surface area (Å²) < 4.78 is 0. The summed E-state index contributed by atoms with van der Waals surface area (Å²) in [5.41, 5.74) is 8.05. The van der Waals surface area contributed by atoms with Crippen molar-refractivity contribution in [3.63, 3.8) is 0 Å². The third-order valence-electron chi connectivity index (χ3n) is 4.56. The summed E-state index contributed by atoms with van der Waals surface area (Å²) in [5, 5.41) is 18.4. The monoisotopic (exact) mass is 390 g/mol. The summed E-state index contributed by atoms with van der Waals surface area (Å²) in [6.45, 7) is 2.08. The number of aliphatic hydroxyl groups excluding tert-OH is 1. The van der Waals surface area contributed by atoms with Crippen LogP contribution in [0.15, 0.2) is 35.5 Å². The van der Waals surface area contributed by atoms with Crippen LogP contribution in [0.25, 0.3) is 11.0 Å². The molecule has 9 heteroatoms. The Morgan fingerprint density at radius 3 is 3.04 bits per heavy atom. The topological polar surface area (TPSA) is 104 Å². The Hall–Kier alpha value is -1.87. The lowest BCUT2D eigenvalue weighted by Crippen LogP contribution is -2.21. The maximum Gasteiger partial charge on any atom is 0.155 e. The fourth-order valence-corrected chi connectivity index (χ4v) is 4.60. The Balaban J connectivity index is 1.39. The number of likely N-dealkylation sites (tertiary alicyclic amines) is 1. The molecule has 4 rings (SSSR count). The number of fused-ring (bicyclic) bond motifs is 1. The molecule has 0 bridgehead atoms. The van der Waals surface area contributed by atoms with Crippen LogP contribution in [0.4, 0.5) is 5.82 Å². The van der Waals surface area contributed by atoms with E-state index in [0.717, 1.165) is 33.4 Å². The second kappa shape index (κ2) is 7.40. The second-order valence-electron chi connectivity index (χ2n) is 6.45. The van der Waals surface area contributed by atoms with Crippen LogP contribution in [-0.2, 0) is 6.54 Å². The summed E-state index contributed by atoms with van der Waals surface area (Å²) in [4.78, 5) is 11.6. The first kappa shape index (κ1) is 17.5. The number of aliphatic hydroxyl groups is 1. The number of nitrogens with one attached hydrogen (secondary N) is 1. The van der Waals surface area contributed by atoms with Crippen LogP contribution in [0.1, 0.15) is 5.69 Å². The quantitative estimate of drug-likeness (QED) is 0.573. The fraction of sp³-hybridized carbons (Fsp3) is 0.353. The van der Waals surface area contributed by atoms with Crippen molar-refractivity contribution in [1.82, 2.24) is 25.1 Å². The number of hydrogen-bond acceptors (Lipinski definition) is 7. The standard InChI is InChI=1S/C17H19ClN6OS/c18-11-2-1-3-12(4-11)26-8-10-5-24(7-14(10)25)6-13-15-16(23-22-13)17(19)21-9-20-15/h1-4,9-10,14,25H,5-8H2,(H,22,23)(H2,19,20,21)/t10-,14+/m0/s1. The van der Waals surface area contributed by atoms with Gasteiger partial charge in [0.1, 0.15) is 11.8 Å². The number of nitrogens with zero attached hydrogens (tertiary/aromatic N) is 4. The van der Waals surface area contributed by atoms with Crippen LogP contribution in [0.5, 0.6) is 0 Å². The predicted molar refractivity (Wildman–Crippen MR) is 103 cm³/mol. The van der Waals surface area contributed by atoms with Crippen molar-refractivity contribution in [3.05, 3.63) is 41.3 Å². The number of anilines is 1. The number of aromatic nitrogens is 4. The number of halogens is 1. The largest absolute Gasteiger partial charge is 0.391 e. The smallest absolute Gasteiger partial charge is 0.155 e. The molecule has 1 saturated heterocycles. The van der Waals surface area contributed by atoms with Crippen molar-refractivity contribution in [3.8, 4) is 0 Å². The molecular formula is C17H19ClN6OS. The highest BCUT2D eigenvalue weighted by molar-refractivity contribution is 7.99. The normalized spacial score (nSPS) is 20.8. The SMILES string of the molecule is Nc1ncnc2c(CN3C[C@@H](CSc4cccc(Cl)c4)[C@H](O)C3)[nH]nc12. The molecule has 1 aromatic carbocycles. The molecule has 2 atom stereocenters. The molecule has 7 nitrogen and oxygen atoms in total. The molecule has 0 amide bonds. The lowest BCUT2D eigenvalue weighted by atomic mass is 10.1. The maximum atomic E-state index is 10.4. The van der Waals surface area contributed by atoms with Gasteiger partial charge >= 0.3 is 0 Å². The van der Waals surface area contributed by atoms with Crippen molar-refractivity contribution in [2.24, 2.45) is 5.92 Å². The van der Waals surface area contributed by atoms with Gasteiger partial charge in [-0.3, -0.25) is 10.00 Å². The summed E-state index contributed by atoms with van der Waals surface area (Å²) in [5.74, 6) is 1.42. The molecule has 1 fully saturated rings. The average Bonchev–Trinajstić information content (AvgIpc) is 3.18. The van der Waals surface area contributed by atoms with E-state index in [0.29, 0.717) is 24.4 Å². The first-order chi connectivity index (χ1) is 12.6. The van der Waals surface area contributed by atoms with Gasteiger partial charge in [0.15, 0.2) is 11.3 Å². The average molecular weight is 391 g/mol. The lowest BCUT2D eigenvalue weighted by Gasteiger charge is -2.14. The van der Waals surface area contributed by atoms with E-state index in [1.165, 1.54) is 6.33 Å². The Morgan fingerprint density at radius 2 is 2.19 bits per heavy atom. The minimum Gasteiger partial charge on any atom is -0.391 e. The number of nitrogen functional groups attached to an aromatic ring is 1. The van der Waals surface area contributed by atoms with Crippen molar-refractivity contribution in [2.75, 3.05) is 24.6 Å². The zero-order valence-corrected chi connectivity index (χ0v) is 15.5. The lowest BCUT2D eigenvalue weighted by molar-refractivity contribution is 0.149. The van der Waals surface area contributed by atoms with E-state index >= 15 is 0 Å². The minimum absolute atomic E-state index is 0.202. The van der Waals surface area contributed by atoms with Crippen LogP contribution in [0.2, 0.25) is 5.02 Å². The molecule has 3 aromatic rings. The fourth-order valence-electron chi connectivity index (χ4n) is 3.23. The number of hydrogen-bond donors (Lipinski definition) is 3. The van der Waals surface area contributed by atoms with E-state index < -0.39 is 0 Å². The number of benzene rings is 1. The molecule has 136 valence electrons. The third-order valence-corrected chi connectivity index (χ3v) is 5.98. The van der Waals surface area contributed by atoms with Crippen LogP contribution < -0.4 is 5.73 Å². The van der Waals surface area contributed by atoms with Gasteiger partial charge in [-0.25, -0.2) is 9.97 Å². The molecule has 0 unspecified atom stereocenters. The summed E-state index contributed by atoms with van der Waals surface area (Å²) >= 11 is 7.75. The van der Waals surface area contributed by atoms with E-state index in [-0.39, 0.29) is 12.0 Å². The van der Waals surface area contributed by atoms with Crippen molar-refractivity contribution < 1.29 is 5.11 Å². The van der Waals surface area contributed by atoms with Gasteiger partial charge in [0.25, 0.3) is 0 Å². The molecule has 3 heterocycles. The van der Waals surface area contributed by atoms with Gasteiger partial charge in [-0.05, 0) is 18.2 Å². The molecule has 0 radical (unpaired) electrons. The zero-order chi connectivity index (χ0) is 18.1. The number of thioether (sulfide) groups is 1. The molecular weight excluding hydrogens is 372 g/mol. The van der Waals surface area contributed by atoms with Gasteiger partial charge in [0.05, 0.1) is 11.8 Å². The van der Waals surface area contributed by atoms with Crippen molar-refractivity contribution >= 4 is 40.2 Å². The summed E-state index contributed by atoms with van der Waals surface area (Å²) in [7, 11) is 0. The predicted octanol–water partition coefficient (Wildman–Crippen LogP) is 2.17. The highest BCUT2D eigenvalue weighted by atomic mass is 35.5. The van der Waals surface area contributed by atoms with Gasteiger partial charge in [-0.15, -0.1) is 11.8 Å².